The third kappa shape index (κ3) is 3.07. The van der Waals surface area contributed by atoms with Crippen molar-refractivity contribution >= 4 is 17.3 Å². The minimum atomic E-state index is -0.351. The number of hydrogen-bond acceptors (Lipinski definition) is 3. The molecule has 3 nitrogen and oxygen atoms in total. The molecular weight excluding hydrogens is 243 g/mol. The van der Waals surface area contributed by atoms with Gasteiger partial charge in [0, 0.05) is 0 Å². The van der Waals surface area contributed by atoms with Crippen LogP contribution in [0.3, 0.4) is 0 Å². The Labute approximate surface area is 103 Å². The number of halogens is 2. The molecule has 1 heterocycles. The van der Waals surface area contributed by atoms with Crippen molar-refractivity contribution in [2.24, 2.45) is 0 Å². The topological polar surface area (TPSA) is 45.1 Å². The predicted molar refractivity (Wildman–Crippen MR) is 64.6 cm³/mol. The first-order valence-corrected chi connectivity index (χ1v) is 5.36. The molecule has 0 aliphatic heterocycles. The van der Waals surface area contributed by atoms with Crippen LogP contribution in [0.5, 0.6) is 5.75 Å². The van der Waals surface area contributed by atoms with Gasteiger partial charge in [0.1, 0.15) is 11.6 Å². The maximum atomic E-state index is 13.0. The SMILES string of the molecule is Oc1ccc(CNc2cc(F)ccc2Cl)nc1. The molecule has 0 aliphatic carbocycles. The molecule has 5 heteroatoms. The van der Waals surface area contributed by atoms with Gasteiger partial charge in [-0.05, 0) is 30.3 Å². The van der Waals surface area contributed by atoms with E-state index in [2.05, 4.69) is 10.3 Å². The van der Waals surface area contributed by atoms with Crippen molar-refractivity contribution in [2.75, 3.05) is 5.32 Å². The number of aromatic hydroxyl groups is 1. The van der Waals surface area contributed by atoms with Crippen molar-refractivity contribution in [3.05, 3.63) is 53.1 Å². The molecule has 88 valence electrons. The summed E-state index contributed by atoms with van der Waals surface area (Å²) in [5.41, 5.74) is 1.24. The van der Waals surface area contributed by atoms with Crippen LogP contribution in [-0.4, -0.2) is 10.1 Å². The summed E-state index contributed by atoms with van der Waals surface area (Å²) in [4.78, 5) is 4.00. The van der Waals surface area contributed by atoms with Gasteiger partial charge < -0.3 is 10.4 Å². The van der Waals surface area contributed by atoms with Crippen LogP contribution in [-0.2, 0) is 6.54 Å². The fourth-order valence-electron chi connectivity index (χ4n) is 1.34. The standard InChI is InChI=1S/C12H10ClFN2O/c13-11-4-1-8(14)5-12(11)16-6-9-2-3-10(17)7-15-9/h1-5,7,16-17H,6H2. The van der Waals surface area contributed by atoms with E-state index in [9.17, 15) is 4.39 Å². The largest absolute Gasteiger partial charge is 0.506 e. The van der Waals surface area contributed by atoms with Crippen molar-refractivity contribution in [1.29, 1.82) is 0 Å². The Kier molecular flexibility index (Phi) is 3.44. The summed E-state index contributed by atoms with van der Waals surface area (Å²) in [6.07, 6.45) is 1.35. The van der Waals surface area contributed by atoms with Gasteiger partial charge in [-0.25, -0.2) is 4.39 Å². The van der Waals surface area contributed by atoms with Crippen molar-refractivity contribution in [3.8, 4) is 5.75 Å². The first-order valence-electron chi connectivity index (χ1n) is 4.98. The summed E-state index contributed by atoms with van der Waals surface area (Å²) < 4.78 is 13.0. The van der Waals surface area contributed by atoms with E-state index in [4.69, 9.17) is 16.7 Å². The Morgan fingerprint density at radius 3 is 2.82 bits per heavy atom. The molecule has 0 atom stereocenters. The Bertz CT molecular complexity index is 516. The Morgan fingerprint density at radius 2 is 2.12 bits per heavy atom. The predicted octanol–water partition coefficient (Wildman–Crippen LogP) is 3.19. The zero-order valence-corrected chi connectivity index (χ0v) is 9.58. The van der Waals surface area contributed by atoms with Crippen LogP contribution in [0.1, 0.15) is 5.69 Å². The summed E-state index contributed by atoms with van der Waals surface area (Å²) in [6, 6.07) is 7.32. The summed E-state index contributed by atoms with van der Waals surface area (Å²) in [5.74, 6) is -0.242. The highest BCUT2D eigenvalue weighted by molar-refractivity contribution is 6.33. The van der Waals surface area contributed by atoms with Crippen molar-refractivity contribution in [3.63, 3.8) is 0 Å². The van der Waals surface area contributed by atoms with E-state index in [1.54, 1.807) is 6.07 Å². The van der Waals surface area contributed by atoms with Gasteiger partial charge in [-0.15, -0.1) is 0 Å². The molecule has 0 saturated carbocycles. The molecule has 17 heavy (non-hydrogen) atoms. The molecule has 0 unspecified atom stereocenters. The van der Waals surface area contributed by atoms with E-state index < -0.39 is 0 Å². The summed E-state index contributed by atoms with van der Waals surface area (Å²) >= 11 is 5.90. The van der Waals surface area contributed by atoms with E-state index in [0.717, 1.165) is 5.69 Å². The highest BCUT2D eigenvalue weighted by Gasteiger charge is 2.02. The fraction of sp³-hybridized carbons (Fsp3) is 0.0833. The van der Waals surface area contributed by atoms with E-state index in [1.807, 2.05) is 0 Å². The molecule has 0 saturated heterocycles. The lowest BCUT2D eigenvalue weighted by Gasteiger charge is -2.07. The van der Waals surface area contributed by atoms with Crippen LogP contribution >= 0.6 is 11.6 Å². The maximum Gasteiger partial charge on any atom is 0.133 e. The number of aromatic nitrogens is 1. The molecular formula is C12H10ClFN2O. The van der Waals surface area contributed by atoms with E-state index in [0.29, 0.717) is 17.3 Å². The third-order valence-corrected chi connectivity index (χ3v) is 2.53. The molecule has 0 fully saturated rings. The van der Waals surface area contributed by atoms with Crippen LogP contribution in [0.2, 0.25) is 5.02 Å². The number of pyridine rings is 1. The van der Waals surface area contributed by atoms with E-state index in [-0.39, 0.29) is 11.6 Å². The van der Waals surface area contributed by atoms with Gasteiger partial charge >= 0.3 is 0 Å². The van der Waals surface area contributed by atoms with E-state index in [1.165, 1.54) is 30.5 Å². The Balaban J connectivity index is 2.07. The van der Waals surface area contributed by atoms with Crippen molar-refractivity contribution < 1.29 is 9.50 Å². The molecule has 2 rings (SSSR count). The average Bonchev–Trinajstić information content (AvgIpc) is 2.32. The second-order valence-corrected chi connectivity index (χ2v) is 3.89. The van der Waals surface area contributed by atoms with Crippen LogP contribution in [0, 0.1) is 5.82 Å². The average molecular weight is 253 g/mol. The van der Waals surface area contributed by atoms with Crippen LogP contribution in [0.25, 0.3) is 0 Å². The normalized spacial score (nSPS) is 10.2. The second-order valence-electron chi connectivity index (χ2n) is 3.49. The second kappa shape index (κ2) is 5.01. The smallest absolute Gasteiger partial charge is 0.133 e. The molecule has 0 bridgehead atoms. The Morgan fingerprint density at radius 1 is 1.29 bits per heavy atom. The first-order chi connectivity index (χ1) is 8.15. The van der Waals surface area contributed by atoms with Gasteiger partial charge in [0.25, 0.3) is 0 Å². The number of rotatable bonds is 3. The molecule has 0 radical (unpaired) electrons. The molecule has 1 aromatic heterocycles. The number of benzene rings is 1. The quantitative estimate of drug-likeness (QED) is 0.882. The monoisotopic (exact) mass is 252 g/mol. The molecule has 2 N–H and O–H groups in total. The Hall–Kier alpha value is -1.81. The lowest BCUT2D eigenvalue weighted by atomic mass is 10.3. The zero-order valence-electron chi connectivity index (χ0n) is 8.82. The first kappa shape index (κ1) is 11.7. The highest BCUT2D eigenvalue weighted by Crippen LogP contribution is 2.22. The molecule has 0 amide bonds. The van der Waals surface area contributed by atoms with Gasteiger partial charge in [-0.3, -0.25) is 4.98 Å². The third-order valence-electron chi connectivity index (χ3n) is 2.20. The molecule has 1 aromatic carbocycles. The number of anilines is 1. The van der Waals surface area contributed by atoms with Gasteiger partial charge in [0.05, 0.1) is 29.1 Å². The minimum Gasteiger partial charge on any atom is -0.506 e. The minimum absolute atomic E-state index is 0.109. The van der Waals surface area contributed by atoms with Crippen LogP contribution in [0.15, 0.2) is 36.5 Å². The highest BCUT2D eigenvalue weighted by atomic mass is 35.5. The molecule has 0 aliphatic rings. The van der Waals surface area contributed by atoms with E-state index >= 15 is 0 Å². The van der Waals surface area contributed by atoms with Gasteiger partial charge in [-0.1, -0.05) is 11.6 Å². The van der Waals surface area contributed by atoms with Gasteiger partial charge in [0.2, 0.25) is 0 Å². The summed E-state index contributed by atoms with van der Waals surface area (Å²) in [6.45, 7) is 0.406. The molecule has 0 spiro atoms. The number of nitrogens with zero attached hydrogens (tertiary/aromatic N) is 1. The van der Waals surface area contributed by atoms with Crippen molar-refractivity contribution in [1.82, 2.24) is 4.98 Å². The van der Waals surface area contributed by atoms with Gasteiger partial charge in [-0.2, -0.15) is 0 Å². The maximum absolute atomic E-state index is 13.0. The molecule has 2 aromatic rings. The van der Waals surface area contributed by atoms with Crippen LogP contribution in [0.4, 0.5) is 10.1 Å². The van der Waals surface area contributed by atoms with Crippen molar-refractivity contribution in [2.45, 2.75) is 6.54 Å². The summed E-state index contributed by atoms with van der Waals surface area (Å²) in [7, 11) is 0. The fourth-order valence-corrected chi connectivity index (χ4v) is 1.52. The van der Waals surface area contributed by atoms with Gasteiger partial charge in [0.15, 0.2) is 0 Å². The zero-order chi connectivity index (χ0) is 12.3. The van der Waals surface area contributed by atoms with Crippen LogP contribution < -0.4 is 5.32 Å². The lowest BCUT2D eigenvalue weighted by molar-refractivity contribution is 0.472. The lowest BCUT2D eigenvalue weighted by Crippen LogP contribution is -2.02. The number of nitrogens with one attached hydrogen (secondary N) is 1. The number of hydrogen-bond donors (Lipinski definition) is 2. The summed E-state index contributed by atoms with van der Waals surface area (Å²) in [5, 5.41) is 12.5.